The molecule has 0 radical (unpaired) electrons. The molecule has 2 aromatic heterocycles. The zero-order valence-corrected chi connectivity index (χ0v) is 15.3. The lowest BCUT2D eigenvalue weighted by molar-refractivity contribution is 0.0512. The molecule has 1 amide bonds. The van der Waals surface area contributed by atoms with Crippen molar-refractivity contribution >= 4 is 29.2 Å². The number of fused-ring (bicyclic) bond motifs is 1. The predicted molar refractivity (Wildman–Crippen MR) is 96.5 cm³/mol. The van der Waals surface area contributed by atoms with Crippen molar-refractivity contribution in [3.63, 3.8) is 0 Å². The summed E-state index contributed by atoms with van der Waals surface area (Å²) in [5.41, 5.74) is 1.49. The number of carbonyl (C=O) groups is 2. The monoisotopic (exact) mass is 387 g/mol. The number of H-pyrrole nitrogens is 1. The molecule has 1 fully saturated rings. The number of rotatable bonds is 5. The number of nitrogens with zero attached hydrogens (tertiary/aromatic N) is 3. The first kappa shape index (κ1) is 17.4. The van der Waals surface area contributed by atoms with Crippen LogP contribution >= 0.6 is 11.3 Å². The highest BCUT2D eigenvalue weighted by atomic mass is 32.1. The molecular weight excluding hydrogens is 370 g/mol. The molecule has 27 heavy (non-hydrogen) atoms. The molecule has 2 N–H and O–H groups in total. The zero-order chi connectivity index (χ0) is 18.8. The molecule has 1 atom stereocenters. The average Bonchev–Trinajstić information content (AvgIpc) is 3.41. The van der Waals surface area contributed by atoms with Crippen LogP contribution in [0.1, 0.15) is 51.8 Å². The number of carbonyl (C=O) groups excluding carboxylic acids is 2. The van der Waals surface area contributed by atoms with Crippen LogP contribution in [0.15, 0.2) is 28.9 Å². The molecule has 1 saturated heterocycles. The van der Waals surface area contributed by atoms with Crippen LogP contribution in [-0.2, 0) is 9.47 Å². The Kier molecular flexibility index (Phi) is 4.71. The van der Waals surface area contributed by atoms with E-state index in [1.165, 1.54) is 16.9 Å². The molecule has 10 heteroatoms. The third kappa shape index (κ3) is 3.61. The van der Waals surface area contributed by atoms with Crippen LogP contribution in [0.25, 0.3) is 0 Å². The summed E-state index contributed by atoms with van der Waals surface area (Å²) in [6.45, 7) is 2.64. The van der Waals surface area contributed by atoms with Crippen molar-refractivity contribution in [3.05, 3.63) is 45.4 Å². The molecule has 1 aliphatic heterocycles. The average molecular weight is 387 g/mol. The van der Waals surface area contributed by atoms with E-state index in [-0.39, 0.29) is 30.0 Å². The smallest absolute Gasteiger partial charge is 0.375 e. The Balaban J connectivity index is 1.42. The van der Waals surface area contributed by atoms with Gasteiger partial charge in [0.1, 0.15) is 16.5 Å². The number of ether oxygens (including phenoxy) is 2. The van der Waals surface area contributed by atoms with Crippen molar-refractivity contribution in [2.75, 3.05) is 18.5 Å². The van der Waals surface area contributed by atoms with E-state index in [0.29, 0.717) is 0 Å². The van der Waals surface area contributed by atoms with Crippen LogP contribution in [0.3, 0.4) is 0 Å². The third-order valence-corrected chi connectivity index (χ3v) is 5.13. The number of esters is 1. The molecule has 1 unspecified atom stereocenters. The number of amides is 1. The van der Waals surface area contributed by atoms with Gasteiger partial charge in [-0.1, -0.05) is 6.08 Å². The number of aromatic amines is 1. The standard InChI is InChI=1S/C17H17N5O4S/c1-2-25-16(24)13-19-17(22-21-13)20-14(23)11-8-27-15(18-11)10-3-4-12-9(7-10)5-6-26-12/h4,7-8,10H,2-3,5-6H2,1H3,(H2,19,20,21,22,23). The lowest BCUT2D eigenvalue weighted by atomic mass is 9.95. The predicted octanol–water partition coefficient (Wildman–Crippen LogP) is 2.41. The van der Waals surface area contributed by atoms with Gasteiger partial charge < -0.3 is 9.47 Å². The summed E-state index contributed by atoms with van der Waals surface area (Å²) in [5, 5.41) is 11.3. The molecule has 4 rings (SSSR count). The van der Waals surface area contributed by atoms with E-state index >= 15 is 0 Å². The third-order valence-electron chi connectivity index (χ3n) is 4.16. The van der Waals surface area contributed by atoms with Crippen LogP contribution < -0.4 is 5.32 Å². The Labute approximate surface area is 158 Å². The van der Waals surface area contributed by atoms with Crippen LogP contribution in [0.2, 0.25) is 0 Å². The Morgan fingerprint density at radius 1 is 1.44 bits per heavy atom. The number of anilines is 1. The van der Waals surface area contributed by atoms with Gasteiger partial charge in [0, 0.05) is 17.7 Å². The van der Waals surface area contributed by atoms with Crippen molar-refractivity contribution in [1.82, 2.24) is 20.2 Å². The fourth-order valence-electron chi connectivity index (χ4n) is 2.90. The lowest BCUT2D eigenvalue weighted by Gasteiger charge is -2.14. The molecule has 0 saturated carbocycles. The van der Waals surface area contributed by atoms with E-state index < -0.39 is 11.9 Å². The summed E-state index contributed by atoms with van der Waals surface area (Å²) in [4.78, 5) is 32.3. The van der Waals surface area contributed by atoms with Crippen molar-refractivity contribution in [3.8, 4) is 0 Å². The minimum absolute atomic E-state index is 0.00642. The van der Waals surface area contributed by atoms with Crippen molar-refractivity contribution in [1.29, 1.82) is 0 Å². The Hall–Kier alpha value is -3.01. The summed E-state index contributed by atoms with van der Waals surface area (Å²) < 4.78 is 10.4. The van der Waals surface area contributed by atoms with E-state index in [0.717, 1.165) is 30.2 Å². The van der Waals surface area contributed by atoms with Gasteiger partial charge in [0.25, 0.3) is 5.91 Å². The summed E-state index contributed by atoms with van der Waals surface area (Å²) in [5.74, 6) is -0.0148. The number of allylic oxidation sites excluding steroid dienone is 3. The first-order valence-electron chi connectivity index (χ1n) is 8.54. The molecule has 0 aromatic carbocycles. The van der Waals surface area contributed by atoms with E-state index in [9.17, 15) is 9.59 Å². The molecule has 140 valence electrons. The van der Waals surface area contributed by atoms with Gasteiger partial charge in [0.05, 0.1) is 13.2 Å². The zero-order valence-electron chi connectivity index (χ0n) is 14.5. The second-order valence-electron chi connectivity index (χ2n) is 5.95. The van der Waals surface area contributed by atoms with Gasteiger partial charge in [0.2, 0.25) is 11.8 Å². The largest absolute Gasteiger partial charge is 0.493 e. The van der Waals surface area contributed by atoms with Crippen LogP contribution in [0.5, 0.6) is 0 Å². The van der Waals surface area contributed by atoms with E-state index in [2.05, 4.69) is 37.6 Å². The van der Waals surface area contributed by atoms with Crippen LogP contribution in [0, 0.1) is 0 Å². The SMILES string of the molecule is CCOC(=O)c1nc(NC(=O)c2csc(C3C=C4CCOC4=CC3)n2)n[nH]1. The summed E-state index contributed by atoms with van der Waals surface area (Å²) in [7, 11) is 0. The van der Waals surface area contributed by atoms with Gasteiger partial charge in [-0.2, -0.15) is 4.98 Å². The number of nitrogens with one attached hydrogen (secondary N) is 2. The number of thiazole rings is 1. The normalized spacial score (nSPS) is 18.2. The maximum absolute atomic E-state index is 12.4. The number of hydrogen-bond acceptors (Lipinski definition) is 8. The molecule has 9 nitrogen and oxygen atoms in total. The van der Waals surface area contributed by atoms with Gasteiger partial charge in [-0.05, 0) is 25.0 Å². The fourth-order valence-corrected chi connectivity index (χ4v) is 3.78. The summed E-state index contributed by atoms with van der Waals surface area (Å²) >= 11 is 1.44. The second kappa shape index (κ2) is 7.31. The minimum Gasteiger partial charge on any atom is -0.493 e. The quantitative estimate of drug-likeness (QED) is 0.756. The highest BCUT2D eigenvalue weighted by Gasteiger charge is 2.25. The highest BCUT2D eigenvalue weighted by Crippen LogP contribution is 2.36. The fraction of sp³-hybridized carbons (Fsp3) is 0.353. The molecule has 3 heterocycles. The van der Waals surface area contributed by atoms with Gasteiger partial charge >= 0.3 is 5.97 Å². The van der Waals surface area contributed by atoms with Crippen molar-refractivity contribution < 1.29 is 19.1 Å². The Bertz CT molecular complexity index is 945. The molecule has 2 aromatic rings. The van der Waals surface area contributed by atoms with Crippen LogP contribution in [-0.4, -0.2) is 45.3 Å². The molecule has 0 spiro atoms. The molecule has 2 aliphatic rings. The molecular formula is C17H17N5O4S. The maximum Gasteiger partial charge on any atom is 0.375 e. The van der Waals surface area contributed by atoms with E-state index in [1.54, 1.807) is 12.3 Å². The van der Waals surface area contributed by atoms with Gasteiger partial charge in [-0.25, -0.2) is 9.78 Å². The minimum atomic E-state index is -0.630. The van der Waals surface area contributed by atoms with E-state index in [1.807, 2.05) is 0 Å². The van der Waals surface area contributed by atoms with E-state index in [4.69, 9.17) is 9.47 Å². The van der Waals surface area contributed by atoms with Gasteiger partial charge in [0.15, 0.2) is 0 Å². The summed E-state index contributed by atoms with van der Waals surface area (Å²) in [6.07, 6.45) is 5.97. The van der Waals surface area contributed by atoms with Gasteiger partial charge in [-0.3, -0.25) is 15.2 Å². The molecule has 1 aliphatic carbocycles. The maximum atomic E-state index is 12.4. The highest BCUT2D eigenvalue weighted by molar-refractivity contribution is 7.10. The Morgan fingerprint density at radius 2 is 2.33 bits per heavy atom. The van der Waals surface area contributed by atoms with Gasteiger partial charge in [-0.15, -0.1) is 16.4 Å². The summed E-state index contributed by atoms with van der Waals surface area (Å²) in [6, 6.07) is 0. The lowest BCUT2D eigenvalue weighted by Crippen LogP contribution is -2.14. The van der Waals surface area contributed by atoms with Crippen LogP contribution in [0.4, 0.5) is 5.95 Å². The first-order chi connectivity index (χ1) is 13.1. The van der Waals surface area contributed by atoms with Crippen molar-refractivity contribution in [2.24, 2.45) is 0 Å². The number of hydrogen-bond donors (Lipinski definition) is 2. The first-order valence-corrected chi connectivity index (χ1v) is 9.42. The van der Waals surface area contributed by atoms with Crippen molar-refractivity contribution in [2.45, 2.75) is 25.7 Å². The topological polar surface area (TPSA) is 119 Å². The second-order valence-corrected chi connectivity index (χ2v) is 6.84. The Morgan fingerprint density at radius 3 is 3.19 bits per heavy atom. The molecule has 0 bridgehead atoms. The number of aromatic nitrogens is 4.